The van der Waals surface area contributed by atoms with Gasteiger partial charge in [-0.05, 0) is 24.6 Å². The summed E-state index contributed by atoms with van der Waals surface area (Å²) in [4.78, 5) is 22.7. The Kier molecular flexibility index (Phi) is 6.57. The molecule has 0 saturated carbocycles. The Bertz CT molecular complexity index is 773. The Hall–Kier alpha value is -2.17. The van der Waals surface area contributed by atoms with Crippen LogP contribution in [-0.2, 0) is 30.8 Å². The van der Waals surface area contributed by atoms with Crippen molar-refractivity contribution in [1.82, 2.24) is 9.62 Å². The Balaban J connectivity index is 2.25. The molecule has 1 fully saturated rings. The van der Waals surface area contributed by atoms with Crippen LogP contribution in [0.4, 0.5) is 0 Å². The first kappa shape index (κ1) is 20.1. The fraction of sp³-hybridized carbons (Fsp3) is 0.500. The van der Waals surface area contributed by atoms with E-state index in [4.69, 9.17) is 14.6 Å². The highest BCUT2D eigenvalue weighted by atomic mass is 32.2. The van der Waals surface area contributed by atoms with Crippen molar-refractivity contribution < 1.29 is 32.6 Å². The summed E-state index contributed by atoms with van der Waals surface area (Å²) in [6, 6.07) is 3.41. The molecule has 1 heterocycles. The van der Waals surface area contributed by atoms with Gasteiger partial charge in [0.1, 0.15) is 16.7 Å². The van der Waals surface area contributed by atoms with E-state index in [0.29, 0.717) is 18.8 Å². The van der Waals surface area contributed by atoms with Crippen molar-refractivity contribution >= 4 is 21.9 Å². The number of hydrogen-bond donors (Lipinski definition) is 2. The molecule has 0 spiro atoms. The predicted octanol–water partition coefficient (Wildman–Crippen LogP) is -0.152. The van der Waals surface area contributed by atoms with E-state index in [1.807, 2.05) is 0 Å². The highest BCUT2D eigenvalue weighted by Gasteiger charge is 2.29. The Morgan fingerprint density at radius 1 is 1.35 bits per heavy atom. The minimum absolute atomic E-state index is 0.0292. The average molecular weight is 386 g/mol. The third-order valence-corrected chi connectivity index (χ3v) is 5.85. The third kappa shape index (κ3) is 4.71. The van der Waals surface area contributed by atoms with Gasteiger partial charge in [0.2, 0.25) is 15.9 Å². The van der Waals surface area contributed by atoms with E-state index >= 15 is 0 Å². The normalized spacial score (nSPS) is 16.7. The second-order valence-corrected chi connectivity index (χ2v) is 7.71. The molecule has 0 unspecified atom stereocenters. The fourth-order valence-corrected chi connectivity index (χ4v) is 4.11. The van der Waals surface area contributed by atoms with Gasteiger partial charge in [0, 0.05) is 13.1 Å². The fourth-order valence-electron chi connectivity index (χ4n) is 2.50. The lowest BCUT2D eigenvalue weighted by atomic mass is 10.1. The molecule has 0 aromatic heterocycles. The molecule has 26 heavy (non-hydrogen) atoms. The van der Waals surface area contributed by atoms with Crippen LogP contribution >= 0.6 is 0 Å². The summed E-state index contributed by atoms with van der Waals surface area (Å²) in [5.41, 5.74) is 0.438. The summed E-state index contributed by atoms with van der Waals surface area (Å²) >= 11 is 0. The third-order valence-electron chi connectivity index (χ3n) is 3.93. The Morgan fingerprint density at radius 3 is 2.58 bits per heavy atom. The summed E-state index contributed by atoms with van der Waals surface area (Å²) in [6.07, 6.45) is -0.146. The molecular formula is C16H22N2O7S. The molecule has 0 bridgehead atoms. The van der Waals surface area contributed by atoms with Crippen molar-refractivity contribution in [2.75, 3.05) is 33.4 Å². The van der Waals surface area contributed by atoms with Crippen LogP contribution in [0.3, 0.4) is 0 Å². The maximum atomic E-state index is 12.9. The number of carboxylic acids is 1. The number of amides is 1. The van der Waals surface area contributed by atoms with Crippen LogP contribution in [0.25, 0.3) is 0 Å². The molecular weight excluding hydrogens is 364 g/mol. The molecule has 1 aromatic rings. The van der Waals surface area contributed by atoms with Gasteiger partial charge in [0.05, 0.1) is 26.7 Å². The minimum Gasteiger partial charge on any atom is -0.495 e. The van der Waals surface area contributed by atoms with Gasteiger partial charge in [-0.2, -0.15) is 4.31 Å². The number of ether oxygens (including phenoxy) is 2. The van der Waals surface area contributed by atoms with E-state index in [0.717, 1.165) is 0 Å². The lowest BCUT2D eigenvalue weighted by molar-refractivity contribution is -0.141. The van der Waals surface area contributed by atoms with E-state index in [2.05, 4.69) is 5.32 Å². The number of carbonyl (C=O) groups is 2. The van der Waals surface area contributed by atoms with Crippen molar-refractivity contribution in [3.05, 3.63) is 23.8 Å². The summed E-state index contributed by atoms with van der Waals surface area (Å²) in [6.45, 7) is 2.47. The average Bonchev–Trinajstić information content (AvgIpc) is 2.62. The van der Waals surface area contributed by atoms with Crippen molar-refractivity contribution in [1.29, 1.82) is 0 Å². The number of nitrogens with zero attached hydrogens (tertiary/aromatic N) is 1. The van der Waals surface area contributed by atoms with Crippen LogP contribution in [0.1, 0.15) is 12.5 Å². The highest BCUT2D eigenvalue weighted by Crippen LogP contribution is 2.28. The highest BCUT2D eigenvalue weighted by molar-refractivity contribution is 7.89. The molecule has 2 rings (SSSR count). The zero-order valence-electron chi connectivity index (χ0n) is 14.6. The molecule has 1 aromatic carbocycles. The van der Waals surface area contributed by atoms with Gasteiger partial charge in [0.15, 0.2) is 0 Å². The topological polar surface area (TPSA) is 122 Å². The minimum atomic E-state index is -3.80. The van der Waals surface area contributed by atoms with E-state index in [1.165, 1.54) is 30.5 Å². The van der Waals surface area contributed by atoms with Gasteiger partial charge < -0.3 is 19.9 Å². The van der Waals surface area contributed by atoms with Crippen molar-refractivity contribution in [2.24, 2.45) is 0 Å². The largest absolute Gasteiger partial charge is 0.495 e. The standard InChI is InChI=1S/C16H22N2O7S/c1-11(16(20)21)17-15(19)10-12-3-4-13(24-2)14(9-12)26(22,23)18-5-7-25-8-6-18/h3-4,9,11H,5-8,10H2,1-2H3,(H,17,19)(H,20,21)/t11-/m1/s1. The lowest BCUT2D eigenvalue weighted by Gasteiger charge is -2.26. The number of nitrogens with one attached hydrogen (secondary N) is 1. The Labute approximate surface area is 151 Å². The number of benzene rings is 1. The molecule has 1 amide bonds. The summed E-state index contributed by atoms with van der Waals surface area (Å²) in [7, 11) is -2.43. The first-order chi connectivity index (χ1) is 12.3. The predicted molar refractivity (Wildman–Crippen MR) is 91.5 cm³/mol. The quantitative estimate of drug-likeness (QED) is 0.668. The van der Waals surface area contributed by atoms with Crippen molar-refractivity contribution in [2.45, 2.75) is 24.3 Å². The number of carbonyl (C=O) groups excluding carboxylic acids is 1. The van der Waals surface area contributed by atoms with Gasteiger partial charge in [-0.3, -0.25) is 9.59 Å². The van der Waals surface area contributed by atoms with Gasteiger partial charge in [-0.25, -0.2) is 8.42 Å². The van der Waals surface area contributed by atoms with E-state index in [9.17, 15) is 18.0 Å². The molecule has 144 valence electrons. The van der Waals surface area contributed by atoms with Crippen LogP contribution in [0.2, 0.25) is 0 Å². The van der Waals surface area contributed by atoms with E-state index in [1.54, 1.807) is 6.07 Å². The molecule has 9 nitrogen and oxygen atoms in total. The van der Waals surface area contributed by atoms with Crippen LogP contribution < -0.4 is 10.1 Å². The number of aliphatic carboxylic acids is 1. The monoisotopic (exact) mass is 386 g/mol. The summed E-state index contributed by atoms with van der Waals surface area (Å²) in [5.74, 6) is -1.48. The first-order valence-electron chi connectivity index (χ1n) is 8.02. The number of rotatable bonds is 7. The SMILES string of the molecule is COc1ccc(CC(=O)N[C@H](C)C(=O)O)cc1S(=O)(=O)N1CCOCC1. The molecule has 1 aliphatic heterocycles. The molecule has 0 aliphatic carbocycles. The Morgan fingerprint density at radius 2 is 2.00 bits per heavy atom. The van der Waals surface area contributed by atoms with Crippen LogP contribution in [-0.4, -0.2) is 69.2 Å². The van der Waals surface area contributed by atoms with Crippen LogP contribution in [0.15, 0.2) is 23.1 Å². The zero-order valence-corrected chi connectivity index (χ0v) is 15.4. The number of morpholine rings is 1. The lowest BCUT2D eigenvalue weighted by Crippen LogP contribution is -2.41. The van der Waals surface area contributed by atoms with Gasteiger partial charge in [0.25, 0.3) is 0 Å². The molecule has 1 saturated heterocycles. The maximum absolute atomic E-state index is 12.9. The van der Waals surface area contributed by atoms with Crippen molar-refractivity contribution in [3.8, 4) is 5.75 Å². The first-order valence-corrected chi connectivity index (χ1v) is 9.46. The second kappa shape index (κ2) is 8.47. The molecule has 1 aliphatic rings. The summed E-state index contributed by atoms with van der Waals surface area (Å²) < 4.78 is 37.4. The molecule has 10 heteroatoms. The molecule has 1 atom stereocenters. The van der Waals surface area contributed by atoms with E-state index < -0.39 is 27.9 Å². The summed E-state index contributed by atoms with van der Waals surface area (Å²) in [5, 5.41) is 11.2. The molecule has 0 radical (unpaired) electrons. The van der Waals surface area contributed by atoms with Crippen LogP contribution in [0.5, 0.6) is 5.75 Å². The maximum Gasteiger partial charge on any atom is 0.325 e. The van der Waals surface area contributed by atoms with E-state index in [-0.39, 0.29) is 30.2 Å². The zero-order chi connectivity index (χ0) is 19.3. The smallest absolute Gasteiger partial charge is 0.325 e. The van der Waals surface area contributed by atoms with Gasteiger partial charge >= 0.3 is 5.97 Å². The second-order valence-electron chi connectivity index (χ2n) is 5.81. The molecule has 2 N–H and O–H groups in total. The van der Waals surface area contributed by atoms with Gasteiger partial charge in [-0.15, -0.1) is 0 Å². The van der Waals surface area contributed by atoms with Gasteiger partial charge in [-0.1, -0.05) is 6.07 Å². The number of hydrogen-bond acceptors (Lipinski definition) is 6. The number of methoxy groups -OCH3 is 1. The number of carboxylic acid groups (broad SMARTS) is 1. The van der Waals surface area contributed by atoms with Crippen LogP contribution in [0, 0.1) is 0 Å². The number of sulfonamides is 1. The van der Waals surface area contributed by atoms with Crippen molar-refractivity contribution in [3.63, 3.8) is 0 Å².